The third-order valence-corrected chi connectivity index (χ3v) is 4.35. The van der Waals surface area contributed by atoms with Gasteiger partial charge in [0.15, 0.2) is 0 Å². The number of nitrogens with zero attached hydrogens (tertiary/aromatic N) is 1. The molecule has 0 bridgehead atoms. The van der Waals surface area contributed by atoms with Crippen molar-refractivity contribution in [3.8, 4) is 0 Å². The average Bonchev–Trinajstić information content (AvgIpc) is 2.54. The lowest BCUT2D eigenvalue weighted by molar-refractivity contribution is 0.0188. The smallest absolute Gasteiger partial charge is 0.147 e. The van der Waals surface area contributed by atoms with E-state index in [1.165, 1.54) is 6.20 Å². The highest BCUT2D eigenvalue weighted by molar-refractivity contribution is 6.29. The molecular weight excluding hydrogens is 296 g/mol. The van der Waals surface area contributed by atoms with Crippen LogP contribution in [0.4, 0.5) is 0 Å². The van der Waals surface area contributed by atoms with Gasteiger partial charge in [-0.2, -0.15) is 0 Å². The molecule has 0 radical (unpaired) electrons. The number of aromatic nitrogens is 1. The van der Waals surface area contributed by atoms with Crippen LogP contribution in [0.15, 0.2) is 60.8 Å². The number of benzene rings is 2. The molecule has 0 amide bonds. The molecule has 2 unspecified atom stereocenters. The molecule has 0 spiro atoms. The van der Waals surface area contributed by atoms with Gasteiger partial charge in [-0.1, -0.05) is 67.1 Å². The summed E-state index contributed by atoms with van der Waals surface area (Å²) in [6.07, 6.45) is 1.51. The molecule has 0 saturated carbocycles. The van der Waals surface area contributed by atoms with E-state index >= 15 is 0 Å². The van der Waals surface area contributed by atoms with E-state index in [1.54, 1.807) is 12.1 Å². The summed E-state index contributed by atoms with van der Waals surface area (Å²) in [5.41, 5.74) is 6.18. The van der Waals surface area contributed by atoms with Crippen molar-refractivity contribution in [2.45, 2.75) is 18.6 Å². The first-order chi connectivity index (χ1) is 10.5. The fourth-order valence-corrected chi connectivity index (χ4v) is 2.71. The predicted molar refractivity (Wildman–Crippen MR) is 89.7 cm³/mol. The van der Waals surface area contributed by atoms with Crippen LogP contribution in [0.3, 0.4) is 0 Å². The molecule has 2 aromatic carbocycles. The van der Waals surface area contributed by atoms with Crippen LogP contribution in [0.5, 0.6) is 0 Å². The second-order valence-electron chi connectivity index (χ2n) is 5.52. The Kier molecular flexibility index (Phi) is 3.87. The SMILES string of the molecule is CC(c1ccc2ccccc2c1)C(N)(O)c1ccc(Cl)nc1. The number of rotatable bonds is 3. The van der Waals surface area contributed by atoms with E-state index in [4.69, 9.17) is 17.3 Å². The van der Waals surface area contributed by atoms with Crippen molar-refractivity contribution in [2.75, 3.05) is 0 Å². The van der Waals surface area contributed by atoms with Crippen molar-refractivity contribution >= 4 is 22.4 Å². The van der Waals surface area contributed by atoms with Crippen molar-refractivity contribution in [3.05, 3.63) is 77.1 Å². The van der Waals surface area contributed by atoms with E-state index in [2.05, 4.69) is 17.1 Å². The first-order valence-corrected chi connectivity index (χ1v) is 7.48. The third kappa shape index (κ3) is 2.71. The van der Waals surface area contributed by atoms with Crippen molar-refractivity contribution in [2.24, 2.45) is 5.73 Å². The van der Waals surface area contributed by atoms with Gasteiger partial charge in [0.2, 0.25) is 0 Å². The fourth-order valence-electron chi connectivity index (χ4n) is 2.59. The Morgan fingerprint density at radius 1 is 1.09 bits per heavy atom. The Hall–Kier alpha value is -1.94. The van der Waals surface area contributed by atoms with Gasteiger partial charge in [-0.05, 0) is 22.4 Å². The van der Waals surface area contributed by atoms with Gasteiger partial charge in [-0.15, -0.1) is 0 Å². The zero-order valence-electron chi connectivity index (χ0n) is 12.2. The van der Waals surface area contributed by atoms with Crippen LogP contribution in [0, 0.1) is 0 Å². The molecule has 0 aliphatic carbocycles. The third-order valence-electron chi connectivity index (χ3n) is 4.12. The van der Waals surface area contributed by atoms with Crippen LogP contribution in [-0.4, -0.2) is 10.1 Å². The van der Waals surface area contributed by atoms with E-state index in [0.29, 0.717) is 10.7 Å². The van der Waals surface area contributed by atoms with Gasteiger partial charge in [0.05, 0.1) is 0 Å². The highest BCUT2D eigenvalue weighted by Crippen LogP contribution is 2.33. The Morgan fingerprint density at radius 3 is 2.50 bits per heavy atom. The zero-order chi connectivity index (χ0) is 15.7. The zero-order valence-corrected chi connectivity index (χ0v) is 13.0. The molecule has 0 aliphatic heterocycles. The maximum Gasteiger partial charge on any atom is 0.147 e. The number of nitrogens with two attached hydrogens (primary N) is 1. The Labute approximate surface area is 134 Å². The second-order valence-corrected chi connectivity index (χ2v) is 5.91. The van der Waals surface area contributed by atoms with Crippen molar-refractivity contribution in [1.29, 1.82) is 0 Å². The molecule has 3 aromatic rings. The van der Waals surface area contributed by atoms with E-state index in [0.717, 1.165) is 16.3 Å². The summed E-state index contributed by atoms with van der Waals surface area (Å²) in [5, 5.41) is 13.4. The Bertz CT molecular complexity index is 800. The second kappa shape index (κ2) is 5.69. The van der Waals surface area contributed by atoms with Gasteiger partial charge >= 0.3 is 0 Å². The highest BCUT2D eigenvalue weighted by atomic mass is 35.5. The van der Waals surface area contributed by atoms with Gasteiger partial charge in [-0.3, -0.25) is 5.73 Å². The molecule has 0 aliphatic rings. The molecule has 0 saturated heterocycles. The molecular formula is C18H17ClN2O. The maximum atomic E-state index is 10.8. The van der Waals surface area contributed by atoms with E-state index in [1.807, 2.05) is 37.3 Å². The number of fused-ring (bicyclic) bond motifs is 1. The molecule has 22 heavy (non-hydrogen) atoms. The molecule has 4 heteroatoms. The topological polar surface area (TPSA) is 59.1 Å². The van der Waals surface area contributed by atoms with Crippen LogP contribution >= 0.6 is 11.6 Å². The van der Waals surface area contributed by atoms with Gasteiger partial charge in [0.1, 0.15) is 10.9 Å². The summed E-state index contributed by atoms with van der Waals surface area (Å²) in [4.78, 5) is 4.00. The van der Waals surface area contributed by atoms with Gasteiger partial charge in [0.25, 0.3) is 0 Å². The van der Waals surface area contributed by atoms with Crippen LogP contribution in [0.1, 0.15) is 24.0 Å². The van der Waals surface area contributed by atoms with Gasteiger partial charge in [-0.25, -0.2) is 4.98 Å². The molecule has 2 atom stereocenters. The summed E-state index contributed by atoms with van der Waals surface area (Å²) < 4.78 is 0. The van der Waals surface area contributed by atoms with Gasteiger partial charge < -0.3 is 5.11 Å². The predicted octanol–water partition coefficient (Wildman–Crippen LogP) is 3.80. The number of aliphatic hydroxyl groups is 1. The monoisotopic (exact) mass is 312 g/mol. The number of hydrogen-bond acceptors (Lipinski definition) is 3. The van der Waals surface area contributed by atoms with E-state index in [9.17, 15) is 5.11 Å². The van der Waals surface area contributed by atoms with Crippen molar-refractivity contribution in [3.63, 3.8) is 0 Å². The summed E-state index contributed by atoms with van der Waals surface area (Å²) in [6, 6.07) is 17.5. The van der Waals surface area contributed by atoms with E-state index in [-0.39, 0.29) is 5.92 Å². The minimum atomic E-state index is -1.51. The van der Waals surface area contributed by atoms with Crippen LogP contribution in [0.25, 0.3) is 10.8 Å². The summed E-state index contributed by atoms with van der Waals surface area (Å²) in [5.74, 6) is -0.292. The maximum absolute atomic E-state index is 10.8. The summed E-state index contributed by atoms with van der Waals surface area (Å²) in [7, 11) is 0. The Morgan fingerprint density at radius 2 is 1.82 bits per heavy atom. The van der Waals surface area contributed by atoms with E-state index < -0.39 is 5.72 Å². The molecule has 3 N–H and O–H groups in total. The molecule has 3 rings (SSSR count). The van der Waals surface area contributed by atoms with Gasteiger partial charge in [0, 0.05) is 17.7 Å². The van der Waals surface area contributed by atoms with Crippen LogP contribution < -0.4 is 5.73 Å². The molecule has 1 heterocycles. The first-order valence-electron chi connectivity index (χ1n) is 7.10. The first kappa shape index (κ1) is 15.0. The summed E-state index contributed by atoms with van der Waals surface area (Å²) >= 11 is 5.79. The summed E-state index contributed by atoms with van der Waals surface area (Å²) in [6.45, 7) is 1.90. The quantitative estimate of drug-likeness (QED) is 0.571. The average molecular weight is 313 g/mol. The number of hydrogen-bond donors (Lipinski definition) is 2. The number of halogens is 1. The lowest BCUT2D eigenvalue weighted by Crippen LogP contribution is -2.41. The van der Waals surface area contributed by atoms with Crippen LogP contribution in [-0.2, 0) is 5.72 Å². The lowest BCUT2D eigenvalue weighted by atomic mass is 9.85. The number of pyridine rings is 1. The fraction of sp³-hybridized carbons (Fsp3) is 0.167. The largest absolute Gasteiger partial charge is 0.371 e. The molecule has 3 nitrogen and oxygen atoms in total. The highest BCUT2D eigenvalue weighted by Gasteiger charge is 2.32. The molecule has 112 valence electrons. The molecule has 1 aromatic heterocycles. The Balaban J connectivity index is 1.99. The van der Waals surface area contributed by atoms with Crippen molar-refractivity contribution in [1.82, 2.24) is 4.98 Å². The minimum absolute atomic E-state index is 0.292. The standard InChI is InChI=1S/C18H17ClN2O/c1-12(18(20,22)16-8-9-17(19)21-11-16)14-7-6-13-4-2-3-5-15(13)10-14/h2-12,22H,20H2,1H3. The van der Waals surface area contributed by atoms with Crippen molar-refractivity contribution < 1.29 is 5.11 Å². The molecule has 0 fully saturated rings. The lowest BCUT2D eigenvalue weighted by Gasteiger charge is -2.30. The van der Waals surface area contributed by atoms with Crippen LogP contribution in [0.2, 0.25) is 5.15 Å². The minimum Gasteiger partial charge on any atom is -0.371 e. The normalized spacial score (nSPS) is 15.5.